The minimum Gasteiger partial charge on any atom is -0.508 e. The molecule has 2 N–H and O–H groups in total. The van der Waals surface area contributed by atoms with Crippen molar-refractivity contribution in [1.29, 1.82) is 5.26 Å². The standard InChI is InChI=1S/C13H9N3O2/c14-8-9-3-1-2-4-11(9)15-16-12-6-5-10(17)7-13(12)18/h1-7,17-18H. The first-order chi connectivity index (χ1) is 8.70. The number of nitrogens with zero attached hydrogens (tertiary/aromatic N) is 3. The molecule has 0 saturated heterocycles. The highest BCUT2D eigenvalue weighted by Gasteiger charge is 2.02. The third-order valence-corrected chi connectivity index (χ3v) is 2.25. The highest BCUT2D eigenvalue weighted by molar-refractivity contribution is 5.56. The van der Waals surface area contributed by atoms with Crippen LogP contribution in [0.15, 0.2) is 52.7 Å². The van der Waals surface area contributed by atoms with Crippen molar-refractivity contribution < 1.29 is 10.2 Å². The van der Waals surface area contributed by atoms with E-state index in [0.717, 1.165) is 0 Å². The number of rotatable bonds is 2. The molecule has 0 radical (unpaired) electrons. The third-order valence-electron chi connectivity index (χ3n) is 2.25. The van der Waals surface area contributed by atoms with Crippen LogP contribution in [0.25, 0.3) is 0 Å². The average Bonchev–Trinajstić information content (AvgIpc) is 2.38. The van der Waals surface area contributed by atoms with Crippen molar-refractivity contribution in [3.63, 3.8) is 0 Å². The smallest absolute Gasteiger partial charge is 0.146 e. The van der Waals surface area contributed by atoms with E-state index in [0.29, 0.717) is 11.3 Å². The van der Waals surface area contributed by atoms with Gasteiger partial charge in [-0.2, -0.15) is 5.26 Å². The summed E-state index contributed by atoms with van der Waals surface area (Å²) in [6.45, 7) is 0. The van der Waals surface area contributed by atoms with Gasteiger partial charge in [0, 0.05) is 6.07 Å². The van der Waals surface area contributed by atoms with Crippen molar-refractivity contribution >= 4 is 11.4 Å². The minimum absolute atomic E-state index is 0.0520. The van der Waals surface area contributed by atoms with Gasteiger partial charge in [-0.05, 0) is 24.3 Å². The molecule has 0 heterocycles. The van der Waals surface area contributed by atoms with Crippen molar-refractivity contribution in [2.75, 3.05) is 0 Å². The van der Waals surface area contributed by atoms with Gasteiger partial charge < -0.3 is 10.2 Å². The molecule has 5 heteroatoms. The Morgan fingerprint density at radius 2 is 1.67 bits per heavy atom. The number of azo groups is 1. The molecule has 0 amide bonds. The van der Waals surface area contributed by atoms with E-state index in [1.165, 1.54) is 18.2 Å². The molecular weight excluding hydrogens is 230 g/mol. The molecule has 2 rings (SSSR count). The molecule has 2 aromatic carbocycles. The van der Waals surface area contributed by atoms with Gasteiger partial charge >= 0.3 is 0 Å². The Morgan fingerprint density at radius 3 is 2.39 bits per heavy atom. The Balaban J connectivity index is 2.34. The maximum Gasteiger partial charge on any atom is 0.146 e. The van der Waals surface area contributed by atoms with Gasteiger partial charge in [-0.1, -0.05) is 12.1 Å². The molecule has 5 nitrogen and oxygen atoms in total. The molecule has 0 aliphatic carbocycles. The van der Waals surface area contributed by atoms with Crippen LogP contribution in [0.2, 0.25) is 0 Å². The molecule has 0 unspecified atom stereocenters. The fourth-order valence-electron chi connectivity index (χ4n) is 1.36. The molecule has 0 atom stereocenters. The Labute approximate surface area is 103 Å². The summed E-state index contributed by atoms with van der Waals surface area (Å²) in [6, 6.07) is 12.8. The van der Waals surface area contributed by atoms with Crippen LogP contribution in [-0.4, -0.2) is 10.2 Å². The first-order valence-electron chi connectivity index (χ1n) is 5.13. The van der Waals surface area contributed by atoms with Crippen LogP contribution in [-0.2, 0) is 0 Å². The first-order valence-corrected chi connectivity index (χ1v) is 5.13. The summed E-state index contributed by atoms with van der Waals surface area (Å²) in [4.78, 5) is 0. The zero-order chi connectivity index (χ0) is 13.0. The second-order valence-corrected chi connectivity index (χ2v) is 3.50. The lowest BCUT2D eigenvalue weighted by Gasteiger charge is -1.99. The van der Waals surface area contributed by atoms with Crippen LogP contribution >= 0.6 is 0 Å². The van der Waals surface area contributed by atoms with Crippen molar-refractivity contribution in [2.45, 2.75) is 0 Å². The molecule has 0 aromatic heterocycles. The van der Waals surface area contributed by atoms with Crippen molar-refractivity contribution in [3.8, 4) is 17.6 Å². The summed E-state index contributed by atoms with van der Waals surface area (Å²) in [5, 5.41) is 35.3. The third kappa shape index (κ3) is 2.44. The zero-order valence-corrected chi connectivity index (χ0v) is 9.28. The van der Waals surface area contributed by atoms with Crippen LogP contribution < -0.4 is 0 Å². The lowest BCUT2D eigenvalue weighted by atomic mass is 10.2. The predicted molar refractivity (Wildman–Crippen MR) is 65.1 cm³/mol. The average molecular weight is 239 g/mol. The lowest BCUT2D eigenvalue weighted by Crippen LogP contribution is -1.74. The summed E-state index contributed by atoms with van der Waals surface area (Å²) in [5.41, 5.74) is 1.05. The molecule has 0 spiro atoms. The van der Waals surface area contributed by atoms with Gasteiger partial charge in [0.15, 0.2) is 0 Å². The SMILES string of the molecule is N#Cc1ccccc1N=Nc1ccc(O)cc1O. The molecular formula is C13H9N3O2. The predicted octanol–water partition coefficient (Wildman–Crippen LogP) is 3.38. The fourth-order valence-corrected chi connectivity index (χ4v) is 1.36. The first kappa shape index (κ1) is 11.6. The van der Waals surface area contributed by atoms with Crippen molar-refractivity contribution in [1.82, 2.24) is 0 Å². The number of nitriles is 1. The molecule has 0 aliphatic rings. The van der Waals surface area contributed by atoms with Gasteiger partial charge in [-0.25, -0.2) is 0 Å². The summed E-state index contributed by atoms with van der Waals surface area (Å²) >= 11 is 0. The molecule has 88 valence electrons. The largest absolute Gasteiger partial charge is 0.508 e. The molecule has 0 saturated carbocycles. The van der Waals surface area contributed by atoms with Crippen LogP contribution in [0.5, 0.6) is 11.5 Å². The van der Waals surface area contributed by atoms with Crippen LogP contribution in [0.4, 0.5) is 11.4 Å². The number of aromatic hydroxyl groups is 2. The van der Waals surface area contributed by atoms with Gasteiger partial charge in [0.2, 0.25) is 0 Å². The maximum atomic E-state index is 9.52. The fraction of sp³-hybridized carbons (Fsp3) is 0. The van der Waals surface area contributed by atoms with Gasteiger partial charge in [0.1, 0.15) is 28.9 Å². The Kier molecular flexibility index (Phi) is 3.21. The molecule has 0 fully saturated rings. The summed E-state index contributed by atoms with van der Waals surface area (Å²) in [5.74, 6) is -0.225. The second-order valence-electron chi connectivity index (χ2n) is 3.50. The van der Waals surface area contributed by atoms with Crippen molar-refractivity contribution in [3.05, 3.63) is 48.0 Å². The number of hydrogen-bond acceptors (Lipinski definition) is 5. The van der Waals surface area contributed by atoms with E-state index in [4.69, 9.17) is 10.4 Å². The highest BCUT2D eigenvalue weighted by Crippen LogP contribution is 2.31. The molecule has 0 aliphatic heterocycles. The molecule has 0 bridgehead atoms. The molecule has 18 heavy (non-hydrogen) atoms. The van der Waals surface area contributed by atoms with Crippen LogP contribution in [0, 0.1) is 11.3 Å². The van der Waals surface area contributed by atoms with E-state index >= 15 is 0 Å². The van der Waals surface area contributed by atoms with E-state index in [1.54, 1.807) is 24.3 Å². The van der Waals surface area contributed by atoms with Gasteiger partial charge in [-0.15, -0.1) is 10.2 Å². The van der Waals surface area contributed by atoms with Gasteiger partial charge in [0.05, 0.1) is 5.56 Å². The van der Waals surface area contributed by atoms with E-state index < -0.39 is 0 Å². The Bertz CT molecular complexity index is 645. The van der Waals surface area contributed by atoms with Crippen LogP contribution in [0.3, 0.4) is 0 Å². The van der Waals surface area contributed by atoms with Crippen LogP contribution in [0.1, 0.15) is 5.56 Å². The minimum atomic E-state index is -0.173. The van der Waals surface area contributed by atoms with E-state index in [1.807, 2.05) is 6.07 Å². The number of hydrogen-bond donors (Lipinski definition) is 2. The number of phenolic OH excluding ortho intramolecular Hbond substituents is 2. The Morgan fingerprint density at radius 1 is 0.944 bits per heavy atom. The summed E-state index contributed by atoms with van der Waals surface area (Å²) in [6.07, 6.45) is 0. The van der Waals surface area contributed by atoms with E-state index in [-0.39, 0.29) is 17.2 Å². The van der Waals surface area contributed by atoms with Crippen molar-refractivity contribution in [2.24, 2.45) is 10.2 Å². The van der Waals surface area contributed by atoms with Gasteiger partial charge in [-0.3, -0.25) is 0 Å². The number of benzene rings is 2. The maximum absolute atomic E-state index is 9.52. The Hall–Kier alpha value is -2.87. The van der Waals surface area contributed by atoms with Gasteiger partial charge in [0.25, 0.3) is 0 Å². The van der Waals surface area contributed by atoms with E-state index in [2.05, 4.69) is 10.2 Å². The second kappa shape index (κ2) is 4.97. The summed E-state index contributed by atoms with van der Waals surface area (Å²) < 4.78 is 0. The lowest BCUT2D eigenvalue weighted by molar-refractivity contribution is 0.451. The summed E-state index contributed by atoms with van der Waals surface area (Å²) in [7, 11) is 0. The highest BCUT2D eigenvalue weighted by atomic mass is 16.3. The zero-order valence-electron chi connectivity index (χ0n) is 9.28. The molecule has 2 aromatic rings. The van der Waals surface area contributed by atoms with E-state index in [9.17, 15) is 5.11 Å². The quantitative estimate of drug-likeness (QED) is 0.787. The normalized spacial score (nSPS) is 10.4. The topological polar surface area (TPSA) is 89.0 Å². The number of phenols is 2. The monoisotopic (exact) mass is 239 g/mol.